The second kappa shape index (κ2) is 11.6. The molecule has 6 rings (SSSR count). The van der Waals surface area contributed by atoms with Gasteiger partial charge in [-0.15, -0.1) is 11.3 Å². The summed E-state index contributed by atoms with van der Waals surface area (Å²) in [4.78, 5) is 37.2. The summed E-state index contributed by atoms with van der Waals surface area (Å²) in [6, 6.07) is 20.7. The number of amides is 1. The van der Waals surface area contributed by atoms with Crippen LogP contribution >= 0.6 is 22.7 Å². The number of nitrogens with two attached hydrogens (primary N) is 1. The molecule has 4 N–H and O–H groups in total. The van der Waals surface area contributed by atoms with Crippen LogP contribution in [0.25, 0.3) is 10.2 Å². The van der Waals surface area contributed by atoms with Gasteiger partial charge in [-0.25, -0.2) is 14.8 Å². The van der Waals surface area contributed by atoms with Gasteiger partial charge in [-0.2, -0.15) is 0 Å². The third-order valence-corrected chi connectivity index (χ3v) is 8.99. The van der Waals surface area contributed by atoms with Crippen LogP contribution in [-0.2, 0) is 19.4 Å². The topological polar surface area (TPSA) is 131 Å². The smallest absolute Gasteiger partial charge is 0.355 e. The first-order valence-electron chi connectivity index (χ1n) is 13.2. The maximum atomic E-state index is 13.3. The summed E-state index contributed by atoms with van der Waals surface area (Å²) in [5, 5.41) is 14.0. The molecule has 0 saturated heterocycles. The molecule has 5 aromatic rings. The number of hydrogen-bond acceptors (Lipinski definition) is 9. The second-order valence-electron chi connectivity index (χ2n) is 9.65. The Morgan fingerprint density at radius 3 is 2.73 bits per heavy atom. The average molecular weight is 586 g/mol. The molecule has 1 aliphatic heterocycles. The lowest BCUT2D eigenvalue weighted by Crippen LogP contribution is -2.32. The number of ether oxygens (including phenoxy) is 1. The number of aromatic carboxylic acids is 1. The third kappa shape index (κ3) is 5.86. The highest BCUT2D eigenvalue weighted by atomic mass is 32.1. The van der Waals surface area contributed by atoms with Crippen molar-refractivity contribution in [3.63, 3.8) is 0 Å². The highest BCUT2D eigenvalue weighted by molar-refractivity contribution is 7.22. The molecule has 1 aliphatic rings. The van der Waals surface area contributed by atoms with Crippen LogP contribution in [0.3, 0.4) is 0 Å². The van der Waals surface area contributed by atoms with Crippen LogP contribution < -0.4 is 20.7 Å². The van der Waals surface area contributed by atoms with E-state index in [4.69, 9.17) is 10.5 Å². The number of para-hydroxylation sites is 1. The number of thiazole rings is 2. The Labute approximate surface area is 244 Å². The first kappa shape index (κ1) is 26.7. The van der Waals surface area contributed by atoms with Gasteiger partial charge in [0.15, 0.2) is 16.0 Å². The van der Waals surface area contributed by atoms with Crippen molar-refractivity contribution < 1.29 is 19.4 Å². The van der Waals surface area contributed by atoms with Crippen molar-refractivity contribution in [2.45, 2.75) is 25.8 Å². The summed E-state index contributed by atoms with van der Waals surface area (Å²) in [6.45, 7) is 1.57. The van der Waals surface area contributed by atoms with Crippen molar-refractivity contribution >= 4 is 60.7 Å². The average Bonchev–Trinajstić information content (AvgIpc) is 3.59. The van der Waals surface area contributed by atoms with Gasteiger partial charge in [-0.1, -0.05) is 41.7 Å². The minimum atomic E-state index is -1.05. The number of carboxylic acid groups (broad SMARTS) is 1. The summed E-state index contributed by atoms with van der Waals surface area (Å²) in [5.74, 6) is -0.579. The Kier molecular flexibility index (Phi) is 7.53. The third-order valence-electron chi connectivity index (χ3n) is 6.87. The number of hydrogen-bond donors (Lipinski definition) is 3. The number of benzene rings is 3. The minimum absolute atomic E-state index is 0.0709. The quantitative estimate of drug-likeness (QED) is 0.145. The standard InChI is InChI=1S/C30H27N5O4S2/c31-19-7-4-8-20(16-19)39-15-5-12-25-26(28(37)38)33-30(41-25)35-14-13-18-6-3-9-21(22(18)17-35)27(36)34-29-32-23-10-1-2-11-24(23)40-29/h1-4,6-11,16H,5,12-15,17,31H2,(H,37,38)(H,32,34,36). The monoisotopic (exact) mass is 585 g/mol. The normalized spacial score (nSPS) is 12.7. The predicted molar refractivity (Wildman–Crippen MR) is 163 cm³/mol. The maximum Gasteiger partial charge on any atom is 0.355 e. The summed E-state index contributed by atoms with van der Waals surface area (Å²) >= 11 is 2.82. The Morgan fingerprint density at radius 1 is 1.05 bits per heavy atom. The van der Waals surface area contributed by atoms with E-state index in [0.29, 0.717) is 64.7 Å². The Balaban J connectivity index is 1.16. The molecule has 9 nitrogen and oxygen atoms in total. The number of nitrogen functional groups attached to an aromatic ring is 1. The second-order valence-corrected chi connectivity index (χ2v) is 11.7. The molecule has 0 unspecified atom stereocenters. The van der Waals surface area contributed by atoms with Crippen molar-refractivity contribution in [3.05, 3.63) is 94.0 Å². The van der Waals surface area contributed by atoms with Crippen LogP contribution in [0.15, 0.2) is 66.7 Å². The van der Waals surface area contributed by atoms with Gasteiger partial charge < -0.3 is 20.5 Å². The summed E-state index contributed by atoms with van der Waals surface area (Å²) in [5.41, 5.74) is 9.96. The molecule has 0 fully saturated rings. The van der Waals surface area contributed by atoms with Crippen molar-refractivity contribution in [2.24, 2.45) is 0 Å². The van der Waals surface area contributed by atoms with Gasteiger partial charge in [0, 0.05) is 35.3 Å². The molecular formula is C30H27N5O4S2. The number of aryl methyl sites for hydroxylation is 1. The lowest BCUT2D eigenvalue weighted by Gasteiger charge is -2.29. The molecule has 3 heterocycles. The summed E-state index contributed by atoms with van der Waals surface area (Å²) in [6.07, 6.45) is 1.89. The molecule has 0 spiro atoms. The molecule has 11 heteroatoms. The van der Waals surface area contributed by atoms with Gasteiger partial charge in [0.2, 0.25) is 0 Å². The molecule has 0 aliphatic carbocycles. The van der Waals surface area contributed by atoms with Gasteiger partial charge in [-0.05, 0) is 60.7 Å². The Hall–Kier alpha value is -4.48. The molecule has 0 radical (unpaired) electrons. The fourth-order valence-corrected chi connectivity index (χ4v) is 6.86. The first-order valence-corrected chi connectivity index (χ1v) is 14.8. The van der Waals surface area contributed by atoms with Crippen LogP contribution in [0.2, 0.25) is 0 Å². The number of aromatic nitrogens is 2. The van der Waals surface area contributed by atoms with Gasteiger partial charge >= 0.3 is 5.97 Å². The predicted octanol–water partition coefficient (Wildman–Crippen LogP) is 5.86. The van der Waals surface area contributed by atoms with Crippen LogP contribution in [0.4, 0.5) is 16.0 Å². The highest BCUT2D eigenvalue weighted by Gasteiger charge is 2.26. The molecule has 208 valence electrons. The molecule has 0 bridgehead atoms. The zero-order chi connectivity index (χ0) is 28.3. The number of carbonyl (C=O) groups excluding carboxylic acids is 1. The lowest BCUT2D eigenvalue weighted by molar-refractivity contribution is 0.0690. The molecule has 3 aromatic carbocycles. The largest absolute Gasteiger partial charge is 0.494 e. The van der Waals surface area contributed by atoms with Crippen LogP contribution in [0.1, 0.15) is 43.3 Å². The number of anilines is 3. The molecule has 1 amide bonds. The number of carbonyl (C=O) groups is 2. The molecule has 2 aromatic heterocycles. The van der Waals surface area contributed by atoms with Crippen molar-refractivity contribution in [2.75, 3.05) is 29.1 Å². The zero-order valence-electron chi connectivity index (χ0n) is 22.0. The number of rotatable bonds is 9. The fraction of sp³-hybridized carbons (Fsp3) is 0.200. The van der Waals surface area contributed by atoms with E-state index < -0.39 is 5.97 Å². The van der Waals surface area contributed by atoms with E-state index in [0.717, 1.165) is 27.8 Å². The van der Waals surface area contributed by atoms with E-state index in [9.17, 15) is 14.7 Å². The van der Waals surface area contributed by atoms with Crippen LogP contribution in [0, 0.1) is 0 Å². The van der Waals surface area contributed by atoms with E-state index in [1.165, 1.54) is 22.7 Å². The van der Waals surface area contributed by atoms with E-state index in [1.807, 2.05) is 54.6 Å². The Morgan fingerprint density at radius 2 is 1.90 bits per heavy atom. The van der Waals surface area contributed by atoms with Crippen LogP contribution in [0.5, 0.6) is 5.75 Å². The SMILES string of the molecule is Nc1cccc(OCCCc2sc(N3CCc4cccc(C(=O)Nc5nc6ccccc6s5)c4C3)nc2C(=O)O)c1. The number of carboxylic acids is 1. The number of nitrogens with one attached hydrogen (secondary N) is 1. The fourth-order valence-electron chi connectivity index (χ4n) is 4.89. The molecule has 0 saturated carbocycles. The summed E-state index contributed by atoms with van der Waals surface area (Å²) in [7, 11) is 0. The van der Waals surface area contributed by atoms with Crippen molar-refractivity contribution in [3.8, 4) is 5.75 Å². The molecule has 0 atom stereocenters. The maximum absolute atomic E-state index is 13.3. The lowest BCUT2D eigenvalue weighted by atomic mass is 9.94. The first-order chi connectivity index (χ1) is 19.9. The molecular weight excluding hydrogens is 558 g/mol. The van der Waals surface area contributed by atoms with E-state index in [-0.39, 0.29) is 11.6 Å². The van der Waals surface area contributed by atoms with Gasteiger partial charge in [0.1, 0.15) is 5.75 Å². The van der Waals surface area contributed by atoms with E-state index >= 15 is 0 Å². The van der Waals surface area contributed by atoms with E-state index in [1.54, 1.807) is 12.1 Å². The number of fused-ring (bicyclic) bond motifs is 2. The summed E-state index contributed by atoms with van der Waals surface area (Å²) < 4.78 is 6.78. The van der Waals surface area contributed by atoms with Gasteiger partial charge in [0.25, 0.3) is 5.91 Å². The zero-order valence-corrected chi connectivity index (χ0v) is 23.6. The molecule has 41 heavy (non-hydrogen) atoms. The van der Waals surface area contributed by atoms with Crippen molar-refractivity contribution in [1.82, 2.24) is 9.97 Å². The van der Waals surface area contributed by atoms with Crippen LogP contribution in [-0.4, -0.2) is 40.1 Å². The van der Waals surface area contributed by atoms with E-state index in [2.05, 4.69) is 20.2 Å². The van der Waals surface area contributed by atoms with Crippen molar-refractivity contribution in [1.29, 1.82) is 0 Å². The number of nitrogens with zero attached hydrogens (tertiary/aromatic N) is 3. The Bertz CT molecular complexity index is 1720. The van der Waals surface area contributed by atoms with Gasteiger partial charge in [-0.3, -0.25) is 10.1 Å². The van der Waals surface area contributed by atoms with Gasteiger partial charge in [0.05, 0.1) is 16.8 Å². The minimum Gasteiger partial charge on any atom is -0.494 e. The highest BCUT2D eigenvalue weighted by Crippen LogP contribution is 2.33.